The number of imidazole rings is 1. The molecule has 0 aliphatic rings. The van der Waals surface area contributed by atoms with Gasteiger partial charge >= 0.3 is 7.87 Å². The van der Waals surface area contributed by atoms with E-state index in [9.17, 15) is 0 Å². The largest absolute Gasteiger partial charge is 0.357 e. The van der Waals surface area contributed by atoms with Gasteiger partial charge in [-0.05, 0) is 46.3 Å². The summed E-state index contributed by atoms with van der Waals surface area (Å²) >= 11 is 0. The molecule has 7 heteroatoms. The minimum Gasteiger partial charge on any atom is -0.309 e. The topological polar surface area (TPSA) is 31.9 Å². The van der Waals surface area contributed by atoms with Gasteiger partial charge in [0.25, 0.3) is 5.62 Å². The SMILES string of the molecule is Cc1c(C)n(C(C)C)c(=N[P+](N(C)C)(N(C)C)N(C)C)n1C(C)C. The highest BCUT2D eigenvalue weighted by Crippen LogP contribution is 2.64. The van der Waals surface area contributed by atoms with E-state index in [-0.39, 0.29) is 0 Å². The zero-order valence-electron chi connectivity index (χ0n) is 17.8. The third kappa shape index (κ3) is 3.48. The second-order valence-corrected chi connectivity index (χ2v) is 11.2. The summed E-state index contributed by atoms with van der Waals surface area (Å²) in [5, 5.41) is 0. The third-order valence-corrected chi connectivity index (χ3v) is 8.21. The summed E-state index contributed by atoms with van der Waals surface area (Å²) in [6.07, 6.45) is 0. The Balaban J connectivity index is 3.99. The standard InChI is InChI=1S/C17H38N6P/c1-13(2)22-15(5)16(6)23(14(3)4)17(22)18-24(19(7)8,20(9)10)21(11)12/h13-14H,1-12H3/q+1. The maximum absolute atomic E-state index is 5.43. The first-order chi connectivity index (χ1) is 10.9. The van der Waals surface area contributed by atoms with Gasteiger partial charge in [-0.1, -0.05) is 0 Å². The molecule has 0 aliphatic heterocycles. The van der Waals surface area contributed by atoms with Gasteiger partial charge in [0.1, 0.15) is 0 Å². The van der Waals surface area contributed by atoms with E-state index >= 15 is 0 Å². The van der Waals surface area contributed by atoms with Gasteiger partial charge < -0.3 is 9.13 Å². The molecule has 0 radical (unpaired) electrons. The van der Waals surface area contributed by atoms with Crippen LogP contribution in [0.3, 0.4) is 0 Å². The van der Waals surface area contributed by atoms with Gasteiger partial charge in [0.05, 0.1) is 0 Å². The summed E-state index contributed by atoms with van der Waals surface area (Å²) in [5.74, 6) is 0. The van der Waals surface area contributed by atoms with Crippen LogP contribution in [-0.2, 0) is 0 Å². The quantitative estimate of drug-likeness (QED) is 0.732. The van der Waals surface area contributed by atoms with Crippen molar-refractivity contribution in [2.45, 2.75) is 53.6 Å². The van der Waals surface area contributed by atoms with Crippen molar-refractivity contribution in [1.82, 2.24) is 23.1 Å². The van der Waals surface area contributed by atoms with Crippen LogP contribution in [0.25, 0.3) is 0 Å². The Kier molecular flexibility index (Phi) is 6.85. The van der Waals surface area contributed by atoms with Crippen molar-refractivity contribution in [2.75, 3.05) is 42.3 Å². The summed E-state index contributed by atoms with van der Waals surface area (Å²) in [4.78, 5) is 0. The van der Waals surface area contributed by atoms with E-state index in [1.807, 2.05) is 0 Å². The smallest absolute Gasteiger partial charge is 0.309 e. The number of aromatic nitrogens is 2. The molecule has 0 spiro atoms. The molecule has 24 heavy (non-hydrogen) atoms. The zero-order chi connectivity index (χ0) is 19.0. The Morgan fingerprint density at radius 3 is 1.21 bits per heavy atom. The third-order valence-electron chi connectivity index (χ3n) is 4.54. The van der Waals surface area contributed by atoms with Crippen molar-refractivity contribution in [3.05, 3.63) is 17.0 Å². The van der Waals surface area contributed by atoms with E-state index in [2.05, 4.69) is 107 Å². The first kappa shape index (κ1) is 21.4. The molecule has 1 rings (SSSR count). The molecule has 0 atom stereocenters. The van der Waals surface area contributed by atoms with Gasteiger partial charge in [-0.2, -0.15) is 0 Å². The minimum absolute atomic E-state index is 0.371. The van der Waals surface area contributed by atoms with Crippen LogP contribution < -0.4 is 5.62 Å². The lowest BCUT2D eigenvalue weighted by Crippen LogP contribution is -2.38. The highest BCUT2D eigenvalue weighted by molar-refractivity contribution is 7.67. The van der Waals surface area contributed by atoms with Gasteiger partial charge in [0, 0.05) is 65.8 Å². The van der Waals surface area contributed by atoms with Crippen molar-refractivity contribution in [1.29, 1.82) is 0 Å². The Bertz CT molecular complexity index is 565. The second-order valence-electron chi connectivity index (χ2n) is 7.58. The van der Waals surface area contributed by atoms with Gasteiger partial charge in [0.15, 0.2) is 0 Å². The van der Waals surface area contributed by atoms with Crippen LogP contribution in [-0.4, -0.2) is 65.4 Å². The summed E-state index contributed by atoms with van der Waals surface area (Å²) in [7, 11) is 10.8. The van der Waals surface area contributed by atoms with Crippen LogP contribution in [0.2, 0.25) is 0 Å². The maximum atomic E-state index is 5.43. The van der Waals surface area contributed by atoms with E-state index in [4.69, 9.17) is 4.76 Å². The molecule has 0 N–H and O–H groups in total. The number of hydrogen-bond acceptors (Lipinski definition) is 4. The summed E-state index contributed by atoms with van der Waals surface area (Å²) < 4.78 is 17.0. The van der Waals surface area contributed by atoms with Crippen molar-refractivity contribution in [2.24, 2.45) is 4.76 Å². The molecule has 0 fully saturated rings. The first-order valence-electron chi connectivity index (χ1n) is 8.68. The van der Waals surface area contributed by atoms with Crippen molar-refractivity contribution in [3.8, 4) is 0 Å². The summed E-state index contributed by atoms with van der Waals surface area (Å²) in [5.41, 5.74) is 3.66. The normalized spacial score (nSPS) is 13.2. The molecule has 0 unspecified atom stereocenters. The van der Waals surface area contributed by atoms with E-state index < -0.39 is 7.87 Å². The van der Waals surface area contributed by atoms with Crippen LogP contribution in [0.15, 0.2) is 4.76 Å². The monoisotopic (exact) mass is 357 g/mol. The molecule has 0 saturated carbocycles. The number of nitrogens with zero attached hydrogens (tertiary/aromatic N) is 6. The average Bonchev–Trinajstić information content (AvgIpc) is 2.66. The van der Waals surface area contributed by atoms with Crippen molar-refractivity contribution in [3.63, 3.8) is 0 Å². The van der Waals surface area contributed by atoms with Crippen LogP contribution >= 0.6 is 7.87 Å². The van der Waals surface area contributed by atoms with Gasteiger partial charge in [0.2, 0.25) is 0 Å². The Hall–Kier alpha value is -0.680. The molecule has 6 nitrogen and oxygen atoms in total. The van der Waals surface area contributed by atoms with E-state index in [1.165, 1.54) is 11.4 Å². The second kappa shape index (κ2) is 7.69. The predicted molar refractivity (Wildman–Crippen MR) is 106 cm³/mol. The minimum atomic E-state index is -1.99. The highest BCUT2D eigenvalue weighted by atomic mass is 31.2. The molecule has 0 amide bonds. The lowest BCUT2D eigenvalue weighted by atomic mass is 10.3. The Labute approximate surface area is 149 Å². The molecule has 1 aromatic rings. The molecule has 0 aromatic carbocycles. The first-order valence-corrected chi connectivity index (χ1v) is 10.3. The van der Waals surface area contributed by atoms with Crippen LogP contribution in [0.4, 0.5) is 0 Å². The van der Waals surface area contributed by atoms with Crippen molar-refractivity contribution >= 4 is 7.87 Å². The van der Waals surface area contributed by atoms with Gasteiger partial charge in [-0.15, -0.1) is 14.0 Å². The highest BCUT2D eigenvalue weighted by Gasteiger charge is 2.49. The fourth-order valence-electron chi connectivity index (χ4n) is 3.56. The van der Waals surface area contributed by atoms with Crippen LogP contribution in [0.5, 0.6) is 0 Å². The molecular weight excluding hydrogens is 319 g/mol. The Morgan fingerprint density at radius 1 is 0.708 bits per heavy atom. The van der Waals surface area contributed by atoms with E-state index in [0.717, 1.165) is 5.62 Å². The molecule has 0 aliphatic carbocycles. The van der Waals surface area contributed by atoms with Crippen LogP contribution in [0.1, 0.15) is 51.2 Å². The van der Waals surface area contributed by atoms with Gasteiger partial charge in [-0.3, -0.25) is 0 Å². The van der Waals surface area contributed by atoms with Crippen molar-refractivity contribution < 1.29 is 0 Å². The van der Waals surface area contributed by atoms with E-state index in [1.54, 1.807) is 0 Å². The molecule has 0 saturated heterocycles. The number of hydrogen-bond donors (Lipinski definition) is 0. The number of rotatable bonds is 6. The zero-order valence-corrected chi connectivity index (χ0v) is 18.7. The molecular formula is C17H38N6P+. The maximum Gasteiger partial charge on any atom is 0.357 e. The fraction of sp³-hybridized carbons (Fsp3) is 0.824. The lowest BCUT2D eigenvalue weighted by Gasteiger charge is -2.34. The summed E-state index contributed by atoms with van der Waals surface area (Å²) in [6, 6.07) is 0.742. The van der Waals surface area contributed by atoms with E-state index in [0.29, 0.717) is 12.1 Å². The molecule has 1 heterocycles. The van der Waals surface area contributed by atoms with Crippen LogP contribution in [0, 0.1) is 13.8 Å². The summed E-state index contributed by atoms with van der Waals surface area (Å²) in [6.45, 7) is 13.3. The Morgan fingerprint density at radius 2 is 1.00 bits per heavy atom. The molecule has 0 bridgehead atoms. The average molecular weight is 358 g/mol. The predicted octanol–water partition coefficient (Wildman–Crippen LogP) is 3.33. The molecule has 140 valence electrons. The fourth-order valence-corrected chi connectivity index (χ4v) is 6.68. The lowest BCUT2D eigenvalue weighted by molar-refractivity contribution is 0.448. The van der Waals surface area contributed by atoms with Gasteiger partial charge in [-0.25, -0.2) is 0 Å². The molecule has 1 aromatic heterocycles.